The van der Waals surface area contributed by atoms with Gasteiger partial charge >= 0.3 is 0 Å². The fourth-order valence-electron chi connectivity index (χ4n) is 3.39. The molecule has 4 aromatic rings. The molecule has 0 radical (unpaired) electrons. The molecule has 0 saturated carbocycles. The third-order valence-corrected chi connectivity index (χ3v) is 6.96. The standard InChI is InChI=1S/C22H15BrN4O2S2/c1-30-22-24-19-18(25-26-22)14-9-5-6-10-15(14)27(20(28)13-7-3-2-4-8-13)21(29-19)16-11-12-17(23)31-16/h2-12,21H,1H3/t21-/m0/s1. The summed E-state index contributed by atoms with van der Waals surface area (Å²) in [6.45, 7) is 0. The third kappa shape index (κ3) is 3.73. The first-order chi connectivity index (χ1) is 15.2. The number of anilines is 1. The molecule has 0 saturated heterocycles. The number of fused-ring (bicyclic) bond motifs is 3. The summed E-state index contributed by atoms with van der Waals surface area (Å²) in [4.78, 5) is 20.9. The van der Waals surface area contributed by atoms with Gasteiger partial charge in [-0.2, -0.15) is 4.98 Å². The van der Waals surface area contributed by atoms with Crippen LogP contribution in [0.25, 0.3) is 11.3 Å². The fourth-order valence-corrected chi connectivity index (χ4v) is 5.13. The van der Waals surface area contributed by atoms with Crippen LogP contribution < -0.4 is 9.64 Å². The molecule has 154 valence electrons. The van der Waals surface area contributed by atoms with E-state index in [-0.39, 0.29) is 5.91 Å². The van der Waals surface area contributed by atoms with Crippen LogP contribution in [0.2, 0.25) is 0 Å². The van der Waals surface area contributed by atoms with E-state index in [1.807, 2.05) is 60.9 Å². The van der Waals surface area contributed by atoms with Crippen molar-refractivity contribution < 1.29 is 9.53 Å². The van der Waals surface area contributed by atoms with Crippen LogP contribution in [0.4, 0.5) is 5.69 Å². The van der Waals surface area contributed by atoms with E-state index in [1.54, 1.807) is 17.0 Å². The zero-order valence-corrected chi connectivity index (χ0v) is 19.4. The topological polar surface area (TPSA) is 68.2 Å². The summed E-state index contributed by atoms with van der Waals surface area (Å²) in [5.41, 5.74) is 2.51. The summed E-state index contributed by atoms with van der Waals surface area (Å²) in [6, 6.07) is 20.7. The van der Waals surface area contributed by atoms with E-state index in [2.05, 4.69) is 31.1 Å². The van der Waals surface area contributed by atoms with Crippen LogP contribution in [-0.2, 0) is 0 Å². The summed E-state index contributed by atoms with van der Waals surface area (Å²) < 4.78 is 7.35. The molecule has 0 bridgehead atoms. The van der Waals surface area contributed by atoms with Gasteiger partial charge in [0.05, 0.1) is 14.4 Å². The lowest BCUT2D eigenvalue weighted by atomic mass is 10.1. The van der Waals surface area contributed by atoms with E-state index < -0.39 is 6.23 Å². The first-order valence-electron chi connectivity index (χ1n) is 9.34. The molecular formula is C22H15BrN4O2S2. The number of ether oxygens (including phenoxy) is 1. The summed E-state index contributed by atoms with van der Waals surface area (Å²) in [7, 11) is 0. The zero-order valence-electron chi connectivity index (χ0n) is 16.2. The lowest BCUT2D eigenvalue weighted by Crippen LogP contribution is -2.37. The van der Waals surface area contributed by atoms with Crippen LogP contribution in [0.5, 0.6) is 5.88 Å². The Labute approximate surface area is 195 Å². The van der Waals surface area contributed by atoms with E-state index >= 15 is 0 Å². The van der Waals surface area contributed by atoms with Crippen LogP contribution >= 0.6 is 39.0 Å². The van der Waals surface area contributed by atoms with E-state index in [0.29, 0.717) is 28.0 Å². The molecule has 9 heteroatoms. The van der Waals surface area contributed by atoms with Gasteiger partial charge in [0.25, 0.3) is 5.91 Å². The highest BCUT2D eigenvalue weighted by atomic mass is 79.9. The van der Waals surface area contributed by atoms with Crippen molar-refractivity contribution in [1.82, 2.24) is 15.2 Å². The maximum atomic E-state index is 13.8. The van der Waals surface area contributed by atoms with Gasteiger partial charge in [-0.3, -0.25) is 9.69 Å². The highest BCUT2D eigenvalue weighted by molar-refractivity contribution is 9.11. The van der Waals surface area contributed by atoms with Crippen molar-refractivity contribution in [3.8, 4) is 17.1 Å². The van der Waals surface area contributed by atoms with Crippen LogP contribution in [-0.4, -0.2) is 27.3 Å². The quantitative estimate of drug-likeness (QED) is 0.323. The van der Waals surface area contributed by atoms with Crippen molar-refractivity contribution in [1.29, 1.82) is 0 Å². The summed E-state index contributed by atoms with van der Waals surface area (Å²) >= 11 is 6.42. The van der Waals surface area contributed by atoms with Gasteiger partial charge in [0.1, 0.15) is 0 Å². The Morgan fingerprint density at radius 1 is 1.06 bits per heavy atom. The second-order valence-electron chi connectivity index (χ2n) is 6.62. The summed E-state index contributed by atoms with van der Waals surface area (Å²) in [5.74, 6) is 0.179. The van der Waals surface area contributed by atoms with Gasteiger partial charge in [0.15, 0.2) is 5.69 Å². The number of carbonyl (C=O) groups is 1. The van der Waals surface area contributed by atoms with E-state index in [1.165, 1.54) is 23.1 Å². The Morgan fingerprint density at radius 2 is 1.84 bits per heavy atom. The molecule has 0 spiro atoms. The molecule has 2 aromatic heterocycles. The molecule has 1 aliphatic heterocycles. The van der Waals surface area contributed by atoms with Gasteiger partial charge in [-0.25, -0.2) is 0 Å². The van der Waals surface area contributed by atoms with Crippen LogP contribution in [0.1, 0.15) is 21.5 Å². The maximum absolute atomic E-state index is 13.8. The van der Waals surface area contributed by atoms with Crippen molar-refractivity contribution in [2.45, 2.75) is 11.4 Å². The second kappa shape index (κ2) is 8.41. The molecule has 0 aliphatic carbocycles. The number of hydrogen-bond acceptors (Lipinski definition) is 7. The molecule has 2 aromatic carbocycles. The van der Waals surface area contributed by atoms with Crippen LogP contribution in [0.3, 0.4) is 0 Å². The molecular weight excluding hydrogens is 496 g/mol. The number of thioether (sulfide) groups is 1. The minimum absolute atomic E-state index is 0.173. The van der Waals surface area contributed by atoms with Crippen molar-refractivity contribution in [2.24, 2.45) is 0 Å². The lowest BCUT2D eigenvalue weighted by molar-refractivity contribution is 0.0912. The van der Waals surface area contributed by atoms with Crippen LogP contribution in [0, 0.1) is 0 Å². The number of halogens is 1. The lowest BCUT2D eigenvalue weighted by Gasteiger charge is -2.30. The smallest absolute Gasteiger partial charge is 0.261 e. The number of rotatable bonds is 3. The molecule has 3 heterocycles. The Bertz CT molecular complexity index is 1270. The number of benzene rings is 2. The molecule has 1 atom stereocenters. The average Bonchev–Trinajstić information content (AvgIpc) is 3.19. The number of thiophene rings is 1. The predicted molar refractivity (Wildman–Crippen MR) is 126 cm³/mol. The molecule has 0 N–H and O–H groups in total. The molecule has 1 amide bonds. The zero-order chi connectivity index (χ0) is 21.4. The van der Waals surface area contributed by atoms with E-state index in [4.69, 9.17) is 4.74 Å². The van der Waals surface area contributed by atoms with Crippen molar-refractivity contribution in [3.05, 3.63) is 81.0 Å². The minimum atomic E-state index is -0.710. The minimum Gasteiger partial charge on any atom is -0.446 e. The number of hydrogen-bond donors (Lipinski definition) is 0. The number of nitrogens with zero attached hydrogens (tertiary/aromatic N) is 4. The highest BCUT2D eigenvalue weighted by Crippen LogP contribution is 2.45. The van der Waals surface area contributed by atoms with Crippen molar-refractivity contribution >= 4 is 50.6 Å². The monoisotopic (exact) mass is 510 g/mol. The molecule has 6 nitrogen and oxygen atoms in total. The fraction of sp³-hybridized carbons (Fsp3) is 0.0909. The van der Waals surface area contributed by atoms with Gasteiger partial charge in [-0.1, -0.05) is 48.2 Å². The third-order valence-electron chi connectivity index (χ3n) is 4.77. The maximum Gasteiger partial charge on any atom is 0.261 e. The van der Waals surface area contributed by atoms with Gasteiger partial charge in [0.2, 0.25) is 17.3 Å². The summed E-state index contributed by atoms with van der Waals surface area (Å²) in [5, 5.41) is 9.09. The highest BCUT2D eigenvalue weighted by Gasteiger charge is 2.37. The van der Waals surface area contributed by atoms with Crippen molar-refractivity contribution in [2.75, 3.05) is 11.2 Å². The predicted octanol–water partition coefficient (Wildman–Crippen LogP) is 5.82. The number of amides is 1. The number of para-hydroxylation sites is 1. The Morgan fingerprint density at radius 3 is 2.58 bits per heavy atom. The second-order valence-corrected chi connectivity index (χ2v) is 9.89. The average molecular weight is 511 g/mol. The normalized spacial score (nSPS) is 14.9. The molecule has 31 heavy (non-hydrogen) atoms. The Balaban J connectivity index is 1.75. The first kappa shape index (κ1) is 20.2. The van der Waals surface area contributed by atoms with E-state index in [9.17, 15) is 4.79 Å². The van der Waals surface area contributed by atoms with Gasteiger partial charge in [0, 0.05) is 11.1 Å². The largest absolute Gasteiger partial charge is 0.446 e. The molecule has 5 rings (SSSR count). The Kier molecular flexibility index (Phi) is 5.47. The molecule has 1 aliphatic rings. The first-order valence-corrected chi connectivity index (χ1v) is 12.2. The van der Waals surface area contributed by atoms with E-state index in [0.717, 1.165) is 14.2 Å². The number of carbonyl (C=O) groups excluding carboxylic acids is 1. The van der Waals surface area contributed by atoms with Gasteiger partial charge in [-0.05, 0) is 52.5 Å². The molecule has 0 fully saturated rings. The Hall–Kier alpha value is -2.75. The molecule has 0 unspecified atom stereocenters. The van der Waals surface area contributed by atoms with Crippen LogP contribution in [0.15, 0.2) is 75.7 Å². The number of aromatic nitrogens is 3. The summed E-state index contributed by atoms with van der Waals surface area (Å²) in [6.07, 6.45) is 1.17. The van der Waals surface area contributed by atoms with Gasteiger partial charge in [-0.15, -0.1) is 21.5 Å². The SMILES string of the molecule is CSc1nnc2c(n1)O[C@@H](c1ccc(Br)s1)N(C(=O)c1ccccc1)c1ccccc1-2. The van der Waals surface area contributed by atoms with Gasteiger partial charge < -0.3 is 4.74 Å². The van der Waals surface area contributed by atoms with Crippen molar-refractivity contribution in [3.63, 3.8) is 0 Å².